The molecule has 8 heteroatoms. The van der Waals surface area contributed by atoms with Crippen LogP contribution in [0.2, 0.25) is 0 Å². The van der Waals surface area contributed by atoms with Gasteiger partial charge in [-0.1, -0.05) is 12.8 Å². The first kappa shape index (κ1) is 20.4. The monoisotopic (exact) mass is 410 g/mol. The first-order chi connectivity index (χ1) is 13.9. The smallest absolute Gasteiger partial charge is 0.355 e. The van der Waals surface area contributed by atoms with Gasteiger partial charge in [0.1, 0.15) is 11.4 Å². The third-order valence-electron chi connectivity index (χ3n) is 6.72. The SMILES string of the molecule is O=C(NC1CCCN(c2ccc(C(F)(F)F)cn2)C1)C1(N2CCCC2)CCCC1. The van der Waals surface area contributed by atoms with Gasteiger partial charge in [-0.2, -0.15) is 13.2 Å². The molecule has 1 saturated carbocycles. The normalized spacial score (nSPS) is 25.3. The Morgan fingerprint density at radius 1 is 1.07 bits per heavy atom. The number of piperidine rings is 1. The molecule has 3 heterocycles. The van der Waals surface area contributed by atoms with Crippen molar-refractivity contribution in [3.63, 3.8) is 0 Å². The number of carbonyl (C=O) groups is 1. The van der Waals surface area contributed by atoms with Crippen LogP contribution in [0.3, 0.4) is 0 Å². The van der Waals surface area contributed by atoms with Crippen molar-refractivity contribution in [3.8, 4) is 0 Å². The summed E-state index contributed by atoms with van der Waals surface area (Å²) in [5, 5.41) is 3.28. The molecule has 2 aliphatic heterocycles. The summed E-state index contributed by atoms with van der Waals surface area (Å²) >= 11 is 0. The summed E-state index contributed by atoms with van der Waals surface area (Å²) in [6.07, 6.45) is 4.63. The number of carbonyl (C=O) groups excluding carboxylic acids is 1. The molecule has 1 aliphatic carbocycles. The van der Waals surface area contributed by atoms with E-state index in [-0.39, 0.29) is 17.5 Å². The fourth-order valence-corrected chi connectivity index (χ4v) is 5.16. The van der Waals surface area contributed by atoms with E-state index in [1.165, 1.54) is 6.07 Å². The second-order valence-corrected chi connectivity index (χ2v) is 8.59. The fraction of sp³-hybridized carbons (Fsp3) is 0.714. The van der Waals surface area contributed by atoms with Gasteiger partial charge >= 0.3 is 6.18 Å². The minimum absolute atomic E-state index is 0.000390. The van der Waals surface area contributed by atoms with Crippen LogP contribution in [0, 0.1) is 0 Å². The third kappa shape index (κ3) is 4.22. The van der Waals surface area contributed by atoms with Crippen LogP contribution in [-0.4, -0.2) is 53.6 Å². The van der Waals surface area contributed by atoms with Crippen molar-refractivity contribution in [1.29, 1.82) is 0 Å². The van der Waals surface area contributed by atoms with Crippen molar-refractivity contribution < 1.29 is 18.0 Å². The van der Waals surface area contributed by atoms with Crippen LogP contribution in [0.1, 0.15) is 56.9 Å². The second kappa shape index (κ2) is 8.13. The van der Waals surface area contributed by atoms with Crippen LogP contribution in [0.25, 0.3) is 0 Å². The Morgan fingerprint density at radius 2 is 1.79 bits per heavy atom. The molecule has 2 saturated heterocycles. The lowest BCUT2D eigenvalue weighted by Crippen LogP contribution is -2.60. The summed E-state index contributed by atoms with van der Waals surface area (Å²) in [5.74, 6) is 0.677. The van der Waals surface area contributed by atoms with Gasteiger partial charge in [-0.25, -0.2) is 4.98 Å². The standard InChI is InChI=1S/C21H29F3N4O/c22-21(23,24)16-7-8-18(25-14-16)27-11-5-6-17(15-27)26-19(29)20(9-1-2-10-20)28-12-3-4-13-28/h7-8,14,17H,1-6,9-13,15H2,(H,26,29). The van der Waals surface area contributed by atoms with Crippen LogP contribution in [0.15, 0.2) is 18.3 Å². The van der Waals surface area contributed by atoms with Gasteiger partial charge in [0, 0.05) is 25.3 Å². The van der Waals surface area contributed by atoms with Crippen molar-refractivity contribution in [2.24, 2.45) is 0 Å². The van der Waals surface area contributed by atoms with E-state index in [0.717, 1.165) is 83.3 Å². The zero-order valence-electron chi connectivity index (χ0n) is 16.7. The number of halogens is 3. The summed E-state index contributed by atoms with van der Waals surface area (Å²) in [6.45, 7) is 3.32. The maximum Gasteiger partial charge on any atom is 0.417 e. The molecule has 0 spiro atoms. The molecule has 1 unspecified atom stereocenters. The molecule has 1 amide bonds. The van der Waals surface area contributed by atoms with E-state index in [0.29, 0.717) is 12.4 Å². The lowest BCUT2D eigenvalue weighted by molar-refractivity contribution is -0.138. The minimum atomic E-state index is -4.38. The average Bonchev–Trinajstić information content (AvgIpc) is 3.40. The van der Waals surface area contributed by atoms with Crippen LogP contribution in [-0.2, 0) is 11.0 Å². The van der Waals surface area contributed by atoms with Crippen molar-refractivity contribution in [2.75, 3.05) is 31.1 Å². The second-order valence-electron chi connectivity index (χ2n) is 8.59. The third-order valence-corrected chi connectivity index (χ3v) is 6.72. The highest BCUT2D eigenvalue weighted by molar-refractivity contribution is 5.87. The molecule has 0 bridgehead atoms. The highest BCUT2D eigenvalue weighted by Gasteiger charge is 2.47. The van der Waals surface area contributed by atoms with Gasteiger partial charge in [0.05, 0.1) is 5.56 Å². The number of amides is 1. The number of pyridine rings is 1. The highest BCUT2D eigenvalue weighted by atomic mass is 19.4. The number of alkyl halides is 3. The van der Waals surface area contributed by atoms with E-state index in [9.17, 15) is 18.0 Å². The number of hydrogen-bond acceptors (Lipinski definition) is 4. The van der Waals surface area contributed by atoms with E-state index < -0.39 is 11.7 Å². The lowest BCUT2D eigenvalue weighted by atomic mass is 9.93. The molecule has 5 nitrogen and oxygen atoms in total. The molecular formula is C21H29F3N4O. The lowest BCUT2D eigenvalue weighted by Gasteiger charge is -2.40. The molecule has 1 atom stereocenters. The topological polar surface area (TPSA) is 48.5 Å². The van der Waals surface area contributed by atoms with E-state index in [1.807, 2.05) is 4.90 Å². The molecule has 1 N–H and O–H groups in total. The van der Waals surface area contributed by atoms with Crippen LogP contribution >= 0.6 is 0 Å². The molecule has 1 aromatic rings. The Kier molecular flexibility index (Phi) is 5.73. The fourth-order valence-electron chi connectivity index (χ4n) is 5.16. The van der Waals surface area contributed by atoms with Gasteiger partial charge in [0.25, 0.3) is 0 Å². The zero-order chi connectivity index (χ0) is 20.5. The highest BCUT2D eigenvalue weighted by Crippen LogP contribution is 2.38. The van der Waals surface area contributed by atoms with Gasteiger partial charge in [-0.05, 0) is 63.7 Å². The summed E-state index contributed by atoms with van der Waals surface area (Å²) in [7, 11) is 0. The summed E-state index contributed by atoms with van der Waals surface area (Å²) < 4.78 is 38.3. The van der Waals surface area contributed by atoms with Crippen molar-refractivity contribution in [1.82, 2.24) is 15.2 Å². The van der Waals surface area contributed by atoms with Gasteiger partial charge < -0.3 is 10.2 Å². The quantitative estimate of drug-likeness (QED) is 0.824. The maximum atomic E-state index is 13.3. The van der Waals surface area contributed by atoms with Crippen LogP contribution < -0.4 is 10.2 Å². The predicted octanol–water partition coefficient (Wildman–Crippen LogP) is 3.59. The molecule has 1 aromatic heterocycles. The van der Waals surface area contributed by atoms with Gasteiger partial charge in [0.15, 0.2) is 0 Å². The Bertz CT molecular complexity index is 710. The maximum absolute atomic E-state index is 13.3. The number of nitrogens with one attached hydrogen (secondary N) is 1. The predicted molar refractivity (Wildman–Crippen MR) is 105 cm³/mol. The van der Waals surface area contributed by atoms with Gasteiger partial charge in [0.2, 0.25) is 5.91 Å². The van der Waals surface area contributed by atoms with E-state index >= 15 is 0 Å². The van der Waals surface area contributed by atoms with Crippen molar-refractivity contribution in [3.05, 3.63) is 23.9 Å². The number of aromatic nitrogens is 1. The molecule has 3 fully saturated rings. The number of likely N-dealkylation sites (tertiary alicyclic amines) is 1. The first-order valence-corrected chi connectivity index (χ1v) is 10.7. The number of anilines is 1. The zero-order valence-corrected chi connectivity index (χ0v) is 16.7. The van der Waals surface area contributed by atoms with Crippen molar-refractivity contribution in [2.45, 2.75) is 69.1 Å². The summed E-state index contributed by atoms with van der Waals surface area (Å²) in [6, 6.07) is 2.50. The Labute approximate surface area is 169 Å². The molecule has 160 valence electrons. The van der Waals surface area contributed by atoms with Gasteiger partial charge in [-0.3, -0.25) is 9.69 Å². The Balaban J connectivity index is 1.41. The first-order valence-electron chi connectivity index (χ1n) is 10.7. The number of rotatable bonds is 4. The summed E-state index contributed by atoms with van der Waals surface area (Å²) in [5.41, 5.74) is -1.09. The average molecular weight is 410 g/mol. The van der Waals surface area contributed by atoms with Crippen molar-refractivity contribution >= 4 is 11.7 Å². The van der Waals surface area contributed by atoms with E-state index in [4.69, 9.17) is 0 Å². The molecule has 4 rings (SSSR count). The van der Waals surface area contributed by atoms with E-state index in [2.05, 4.69) is 15.2 Å². The number of hydrogen-bond donors (Lipinski definition) is 1. The Morgan fingerprint density at radius 3 is 2.41 bits per heavy atom. The summed E-state index contributed by atoms with van der Waals surface area (Å²) in [4.78, 5) is 21.7. The molecular weight excluding hydrogens is 381 g/mol. The largest absolute Gasteiger partial charge is 0.417 e. The van der Waals surface area contributed by atoms with E-state index in [1.54, 1.807) is 0 Å². The molecule has 0 aromatic carbocycles. The van der Waals surface area contributed by atoms with Crippen LogP contribution in [0.4, 0.5) is 19.0 Å². The molecule has 29 heavy (non-hydrogen) atoms. The van der Waals surface area contributed by atoms with Crippen LogP contribution in [0.5, 0.6) is 0 Å². The number of nitrogens with zero attached hydrogens (tertiary/aromatic N) is 3. The minimum Gasteiger partial charge on any atom is -0.355 e. The van der Waals surface area contributed by atoms with Gasteiger partial charge in [-0.15, -0.1) is 0 Å². The molecule has 3 aliphatic rings. The Hall–Kier alpha value is -1.83. The molecule has 0 radical (unpaired) electrons.